The zero-order chi connectivity index (χ0) is 4.41. The first-order valence-electron chi connectivity index (χ1n) is 1.31. The van der Waals surface area contributed by atoms with E-state index in [0.717, 1.165) is 4.91 Å². The van der Waals surface area contributed by atoms with Crippen LogP contribution in [0.2, 0.25) is 0 Å². The molecule has 5 heteroatoms. The van der Waals surface area contributed by atoms with E-state index < -0.39 is 0 Å². The lowest BCUT2D eigenvalue weighted by atomic mass is 11.4. The summed E-state index contributed by atoms with van der Waals surface area (Å²) in [5, 5.41) is 9.63. The van der Waals surface area contributed by atoms with Crippen LogP contribution in [0.5, 0.6) is 0 Å². The Balaban J connectivity index is 3.05. The average Bonchev–Trinajstić information content (AvgIpc) is 1.86. The van der Waals surface area contributed by atoms with E-state index >= 15 is 0 Å². The van der Waals surface area contributed by atoms with Crippen molar-refractivity contribution >= 4 is 0 Å². The van der Waals surface area contributed by atoms with E-state index in [-0.39, 0.29) is 0 Å². The lowest BCUT2D eigenvalue weighted by Crippen LogP contribution is -2.11. The maximum Gasteiger partial charge on any atom is -0.0677 e. The van der Waals surface area contributed by atoms with Crippen LogP contribution in [0.3, 0.4) is 0 Å². The molecule has 1 rings (SSSR count). The molecule has 0 aromatic carbocycles. The number of tetrazole rings is 1. The van der Waals surface area contributed by atoms with Gasteiger partial charge in [0.2, 0.25) is 0 Å². The quantitative estimate of drug-likeness (QED) is 0.297. The molecule has 0 unspecified atom stereocenters. The van der Waals surface area contributed by atoms with Crippen molar-refractivity contribution in [3.63, 3.8) is 0 Å². The molecule has 0 saturated carbocycles. The fraction of sp³-hybridized carbons (Fsp3) is 0. The van der Waals surface area contributed by atoms with Crippen molar-refractivity contribution in [1.82, 2.24) is 20.3 Å². The van der Waals surface area contributed by atoms with Crippen molar-refractivity contribution in [2.24, 2.45) is 0 Å². The summed E-state index contributed by atoms with van der Waals surface area (Å²) in [6.07, 6.45) is 2.16. The largest absolute Gasteiger partial charge is 0.333 e. The Morgan fingerprint density at radius 2 is 2.50 bits per heavy atom. The van der Waals surface area contributed by atoms with Gasteiger partial charge in [0.05, 0.1) is 0 Å². The first kappa shape index (κ1) is 3.08. The number of hydrogen-bond acceptors (Lipinski definition) is 4. The second kappa shape index (κ2) is 0.925. The van der Waals surface area contributed by atoms with E-state index in [4.69, 9.17) is 5.84 Å². The van der Waals surface area contributed by atoms with Crippen molar-refractivity contribution in [2.45, 2.75) is 0 Å². The Hall–Kier alpha value is -1.13. The standard InChI is InChI=1S/CH2N5/c2-6-4-1-3-5-6/h2H2/q-1. The summed E-state index contributed by atoms with van der Waals surface area (Å²) < 4.78 is 0. The minimum Gasteiger partial charge on any atom is -0.333 e. The van der Waals surface area contributed by atoms with Crippen molar-refractivity contribution in [2.75, 3.05) is 5.84 Å². The second-order valence-electron chi connectivity index (χ2n) is 0.710. The molecule has 0 amide bonds. The van der Waals surface area contributed by atoms with E-state index in [9.17, 15) is 0 Å². The van der Waals surface area contributed by atoms with E-state index in [1.54, 1.807) is 0 Å². The highest BCUT2D eigenvalue weighted by Crippen LogP contribution is 1.49. The molecule has 0 atom stereocenters. The molecule has 32 valence electrons. The molecular weight excluding hydrogens is 82.0 g/mol. The monoisotopic (exact) mass is 84.0 g/mol. The molecule has 0 bridgehead atoms. The summed E-state index contributed by atoms with van der Waals surface area (Å²) in [5.74, 6) is 4.88. The van der Waals surface area contributed by atoms with Gasteiger partial charge in [-0.1, -0.05) is 5.21 Å². The van der Waals surface area contributed by atoms with Crippen LogP contribution in [-0.4, -0.2) is 20.3 Å². The van der Waals surface area contributed by atoms with Gasteiger partial charge in [-0.05, 0) is 0 Å². The molecule has 1 aromatic rings. The summed E-state index contributed by atoms with van der Waals surface area (Å²) in [4.78, 5) is 0.833. The molecule has 0 aliphatic heterocycles. The van der Waals surface area contributed by atoms with Crippen LogP contribution in [0.4, 0.5) is 0 Å². The fourth-order valence-corrected chi connectivity index (χ4v) is 0.152. The maximum atomic E-state index is 4.88. The van der Waals surface area contributed by atoms with Crippen LogP contribution < -0.4 is 5.84 Å². The molecule has 0 fully saturated rings. The highest BCUT2D eigenvalue weighted by Gasteiger charge is 1.59. The van der Waals surface area contributed by atoms with Crippen molar-refractivity contribution < 1.29 is 0 Å². The van der Waals surface area contributed by atoms with E-state index in [2.05, 4.69) is 21.7 Å². The van der Waals surface area contributed by atoms with E-state index in [0.29, 0.717) is 0 Å². The molecule has 1 heterocycles. The van der Waals surface area contributed by atoms with E-state index in [1.807, 2.05) is 0 Å². The van der Waals surface area contributed by atoms with E-state index in [1.165, 1.54) is 0 Å². The van der Waals surface area contributed by atoms with Gasteiger partial charge < -0.3 is 16.0 Å². The van der Waals surface area contributed by atoms with Gasteiger partial charge in [0.15, 0.2) is 0 Å². The number of nitrogens with two attached hydrogens (primary N) is 1. The van der Waals surface area contributed by atoms with Crippen LogP contribution in [0, 0.1) is 6.33 Å². The van der Waals surface area contributed by atoms with Crippen molar-refractivity contribution in [3.8, 4) is 0 Å². The molecule has 1 aromatic heterocycles. The summed E-state index contributed by atoms with van der Waals surface area (Å²) >= 11 is 0. The molecule has 6 heavy (non-hydrogen) atoms. The predicted molar refractivity (Wildman–Crippen MR) is 16.8 cm³/mol. The highest BCUT2D eigenvalue weighted by molar-refractivity contribution is 4.28. The molecule has 0 saturated heterocycles. The molecule has 0 aliphatic carbocycles. The van der Waals surface area contributed by atoms with Gasteiger partial charge in [-0.2, -0.15) is 0 Å². The number of rotatable bonds is 0. The summed E-state index contributed by atoms with van der Waals surface area (Å²) in [6.45, 7) is 0. The smallest absolute Gasteiger partial charge is 0.0677 e. The zero-order valence-electron chi connectivity index (χ0n) is 2.87. The van der Waals surface area contributed by atoms with Crippen LogP contribution in [-0.2, 0) is 0 Å². The van der Waals surface area contributed by atoms with Gasteiger partial charge in [-0.15, -0.1) is 4.91 Å². The molecule has 0 radical (unpaired) electrons. The third-order valence-electron chi connectivity index (χ3n) is 0.328. The van der Waals surface area contributed by atoms with Crippen molar-refractivity contribution in [3.05, 3.63) is 6.33 Å². The lowest BCUT2D eigenvalue weighted by Gasteiger charge is -1.80. The summed E-state index contributed by atoms with van der Waals surface area (Å²) in [5.41, 5.74) is 0. The molecule has 2 N–H and O–H groups in total. The first-order chi connectivity index (χ1) is 2.89. The third kappa shape index (κ3) is 0.291. The normalized spacial score (nSPS) is 8.67. The Morgan fingerprint density at radius 1 is 1.67 bits per heavy atom. The molecule has 5 nitrogen and oxygen atoms in total. The Kier molecular flexibility index (Phi) is 0.474. The Morgan fingerprint density at radius 3 is 2.67 bits per heavy atom. The van der Waals surface area contributed by atoms with Gasteiger partial charge in [-0.3, -0.25) is 0 Å². The first-order valence-corrected chi connectivity index (χ1v) is 1.31. The molecule has 0 spiro atoms. The Bertz CT molecular complexity index is 107. The number of nitrogens with zero attached hydrogens (tertiary/aromatic N) is 4. The number of hydrogen-bond donors (Lipinski definition) is 1. The maximum absolute atomic E-state index is 4.88. The van der Waals surface area contributed by atoms with Crippen LogP contribution in [0.1, 0.15) is 0 Å². The Labute approximate surface area is 33.7 Å². The van der Waals surface area contributed by atoms with Gasteiger partial charge in [-0.25, -0.2) is 6.33 Å². The van der Waals surface area contributed by atoms with Crippen LogP contribution >= 0.6 is 0 Å². The van der Waals surface area contributed by atoms with Gasteiger partial charge >= 0.3 is 0 Å². The SMILES string of the molecule is Nn1n[c-]nn1. The average molecular weight is 84.1 g/mol. The topological polar surface area (TPSA) is 69.6 Å². The van der Waals surface area contributed by atoms with Crippen molar-refractivity contribution in [1.29, 1.82) is 0 Å². The zero-order valence-corrected chi connectivity index (χ0v) is 2.87. The molecule has 0 aliphatic rings. The van der Waals surface area contributed by atoms with Gasteiger partial charge in [0.1, 0.15) is 0 Å². The third-order valence-corrected chi connectivity index (χ3v) is 0.328. The summed E-state index contributed by atoms with van der Waals surface area (Å²) in [6, 6.07) is 0. The predicted octanol–water partition coefficient (Wildman–Crippen LogP) is -1.81. The lowest BCUT2D eigenvalue weighted by molar-refractivity contribution is 0.679. The highest BCUT2D eigenvalue weighted by atomic mass is 15.7. The van der Waals surface area contributed by atoms with Crippen LogP contribution in [0.15, 0.2) is 0 Å². The number of nitrogen functional groups attached to an aromatic ring is 1. The minimum atomic E-state index is 0.833. The molecular formula is CH2N5-. The summed E-state index contributed by atoms with van der Waals surface area (Å²) in [7, 11) is 0. The minimum absolute atomic E-state index is 0.833. The fourth-order valence-electron chi connectivity index (χ4n) is 0.152. The van der Waals surface area contributed by atoms with Crippen LogP contribution in [0.25, 0.3) is 0 Å². The van der Waals surface area contributed by atoms with Gasteiger partial charge in [0.25, 0.3) is 0 Å². The van der Waals surface area contributed by atoms with Gasteiger partial charge in [0, 0.05) is 0 Å². The second-order valence-corrected chi connectivity index (χ2v) is 0.710. The number of aromatic nitrogens is 4.